The van der Waals surface area contributed by atoms with E-state index in [-0.39, 0.29) is 18.4 Å². The number of thiazole rings is 1. The first-order valence-corrected chi connectivity index (χ1v) is 14.8. The summed E-state index contributed by atoms with van der Waals surface area (Å²) in [7, 11) is 0. The number of piperazine rings is 1. The molecule has 4 saturated carbocycles. The minimum atomic E-state index is -0.201. The van der Waals surface area contributed by atoms with Gasteiger partial charge < -0.3 is 4.90 Å². The van der Waals surface area contributed by atoms with Crippen molar-refractivity contribution in [3.05, 3.63) is 58.6 Å². The van der Waals surface area contributed by atoms with Gasteiger partial charge in [-0.3, -0.25) is 19.4 Å². The van der Waals surface area contributed by atoms with Gasteiger partial charge in [-0.05, 0) is 80.0 Å². The highest BCUT2D eigenvalue weighted by Gasteiger charge is 2.50. The summed E-state index contributed by atoms with van der Waals surface area (Å²) in [4.78, 5) is 38.1. The Morgan fingerprint density at radius 3 is 2.27 bits per heavy atom. The van der Waals surface area contributed by atoms with Crippen LogP contribution < -0.4 is 4.90 Å². The Morgan fingerprint density at radius 2 is 1.54 bits per heavy atom. The lowest BCUT2D eigenvalue weighted by atomic mass is 9.54. The second-order valence-corrected chi connectivity index (χ2v) is 13.0. The van der Waals surface area contributed by atoms with Crippen LogP contribution in [-0.2, 0) is 6.54 Å². The molecule has 0 N–H and O–H groups in total. The number of nitrogens with zero attached hydrogens (tertiary/aromatic N) is 4. The molecule has 6 nitrogen and oxygen atoms in total. The first-order valence-electron chi connectivity index (χ1n) is 13.9. The zero-order chi connectivity index (χ0) is 24.7. The van der Waals surface area contributed by atoms with Gasteiger partial charge in [0.25, 0.3) is 11.8 Å². The lowest BCUT2D eigenvalue weighted by Crippen LogP contribution is -2.60. The third-order valence-electron chi connectivity index (χ3n) is 9.86. The van der Waals surface area contributed by atoms with Crippen LogP contribution in [0.1, 0.15) is 57.8 Å². The average Bonchev–Trinajstić information content (AvgIpc) is 3.43. The second-order valence-electron chi connectivity index (χ2n) is 11.9. The number of imide groups is 1. The number of amides is 2. The van der Waals surface area contributed by atoms with Gasteiger partial charge in [-0.15, -0.1) is 11.3 Å². The molecule has 2 aliphatic heterocycles. The Bertz CT molecular complexity index is 1350. The third-order valence-corrected chi connectivity index (χ3v) is 10.9. The zero-order valence-corrected chi connectivity index (χ0v) is 21.8. The fourth-order valence-corrected chi connectivity index (χ4v) is 9.56. The predicted molar refractivity (Wildman–Crippen MR) is 145 cm³/mol. The van der Waals surface area contributed by atoms with Gasteiger partial charge in [0.15, 0.2) is 0 Å². The van der Waals surface area contributed by atoms with Gasteiger partial charge in [-0.25, -0.2) is 4.98 Å². The van der Waals surface area contributed by atoms with E-state index in [2.05, 4.69) is 14.8 Å². The molecule has 190 valence electrons. The van der Waals surface area contributed by atoms with E-state index in [0.29, 0.717) is 11.1 Å². The average molecular weight is 513 g/mol. The molecular formula is C30H32N4O2S. The van der Waals surface area contributed by atoms with E-state index in [0.717, 1.165) is 76.8 Å². The molecule has 0 spiro atoms. The summed E-state index contributed by atoms with van der Waals surface area (Å²) in [6.07, 6.45) is 7.29. The number of benzene rings is 2. The van der Waals surface area contributed by atoms with Crippen molar-refractivity contribution in [1.29, 1.82) is 0 Å². The normalized spacial score (nSPS) is 31.1. The molecule has 4 bridgehead atoms. The molecule has 37 heavy (non-hydrogen) atoms. The van der Waals surface area contributed by atoms with Crippen molar-refractivity contribution in [2.24, 2.45) is 23.7 Å². The van der Waals surface area contributed by atoms with E-state index in [1.54, 1.807) is 11.3 Å². The number of fused-ring (bicyclic) bond motifs is 2. The molecule has 7 heteroatoms. The first-order chi connectivity index (χ1) is 18.1. The number of hydrogen-bond donors (Lipinski definition) is 0. The number of carbonyl (C=O) groups excluding carboxylic acids is 2. The molecule has 2 aromatic carbocycles. The van der Waals surface area contributed by atoms with Crippen LogP contribution in [-0.4, -0.2) is 58.8 Å². The molecule has 3 aromatic rings. The van der Waals surface area contributed by atoms with Gasteiger partial charge >= 0.3 is 0 Å². The number of rotatable bonds is 4. The van der Waals surface area contributed by atoms with Crippen molar-refractivity contribution in [3.63, 3.8) is 0 Å². The highest BCUT2D eigenvalue weighted by Crippen LogP contribution is 2.55. The van der Waals surface area contributed by atoms with Crippen LogP contribution in [0.5, 0.6) is 0 Å². The monoisotopic (exact) mass is 512 g/mol. The maximum atomic E-state index is 13.6. The quantitative estimate of drug-likeness (QED) is 0.459. The standard InChI is InChI=1S/C30H32N4O2S/c35-29-22-4-3-6-24(27(22)30(36)34(29)17-26-31-23-5-1-2-7-25(23)37-26)32-8-10-33(11-9-32)28-20-13-18-12-19(15-20)16-21(28)14-18/h1-7,18-21,28H,8-17H2. The number of anilines is 1. The molecular weight excluding hydrogens is 480 g/mol. The fraction of sp³-hybridized carbons (Fsp3) is 0.500. The van der Waals surface area contributed by atoms with Gasteiger partial charge in [0.1, 0.15) is 5.01 Å². The molecule has 1 saturated heterocycles. The fourth-order valence-electron chi connectivity index (χ4n) is 8.60. The van der Waals surface area contributed by atoms with E-state index in [4.69, 9.17) is 0 Å². The zero-order valence-electron chi connectivity index (χ0n) is 21.0. The second kappa shape index (κ2) is 8.37. The molecule has 0 atom stereocenters. The van der Waals surface area contributed by atoms with Gasteiger partial charge in [0, 0.05) is 32.2 Å². The lowest BCUT2D eigenvalue weighted by Gasteiger charge is -2.58. The van der Waals surface area contributed by atoms with Crippen molar-refractivity contribution in [3.8, 4) is 0 Å². The highest BCUT2D eigenvalue weighted by atomic mass is 32.1. The Balaban J connectivity index is 1.01. The maximum absolute atomic E-state index is 13.6. The van der Waals surface area contributed by atoms with E-state index < -0.39 is 0 Å². The first kappa shape index (κ1) is 22.2. The Labute approximate surface area is 221 Å². The number of para-hydroxylation sites is 1. The van der Waals surface area contributed by atoms with Crippen LogP contribution in [0.2, 0.25) is 0 Å². The number of aromatic nitrogens is 1. The van der Waals surface area contributed by atoms with Crippen LogP contribution in [0.15, 0.2) is 42.5 Å². The van der Waals surface area contributed by atoms with E-state index in [1.807, 2.05) is 42.5 Å². The van der Waals surface area contributed by atoms with Gasteiger partial charge in [-0.1, -0.05) is 18.2 Å². The van der Waals surface area contributed by atoms with Crippen LogP contribution in [0.3, 0.4) is 0 Å². The van der Waals surface area contributed by atoms with Gasteiger partial charge in [-0.2, -0.15) is 0 Å². The Hall–Kier alpha value is -2.77. The molecule has 5 fully saturated rings. The van der Waals surface area contributed by atoms with Crippen molar-refractivity contribution in [2.75, 3.05) is 31.1 Å². The van der Waals surface area contributed by atoms with Crippen molar-refractivity contribution >= 4 is 39.1 Å². The van der Waals surface area contributed by atoms with E-state index >= 15 is 0 Å². The van der Waals surface area contributed by atoms with Crippen molar-refractivity contribution in [1.82, 2.24) is 14.8 Å². The lowest BCUT2D eigenvalue weighted by molar-refractivity contribution is -0.0665. The van der Waals surface area contributed by atoms with Crippen LogP contribution in [0, 0.1) is 23.7 Å². The number of carbonyl (C=O) groups is 2. The molecule has 1 aromatic heterocycles. The minimum Gasteiger partial charge on any atom is -0.368 e. The smallest absolute Gasteiger partial charge is 0.264 e. The Morgan fingerprint density at radius 1 is 0.811 bits per heavy atom. The van der Waals surface area contributed by atoms with E-state index in [9.17, 15) is 9.59 Å². The van der Waals surface area contributed by atoms with Crippen molar-refractivity contribution in [2.45, 2.75) is 44.7 Å². The summed E-state index contributed by atoms with van der Waals surface area (Å²) in [5, 5.41) is 0.793. The molecule has 3 heterocycles. The van der Waals surface area contributed by atoms with Crippen LogP contribution >= 0.6 is 11.3 Å². The molecule has 0 radical (unpaired) electrons. The van der Waals surface area contributed by atoms with Crippen LogP contribution in [0.4, 0.5) is 5.69 Å². The molecule has 2 amide bonds. The molecule has 6 aliphatic rings. The topological polar surface area (TPSA) is 56.8 Å². The summed E-state index contributed by atoms with van der Waals surface area (Å²) < 4.78 is 1.08. The SMILES string of the molecule is O=C1c2cccc(N3CCN(C4C5CC6CC(C5)CC4C6)CC3)c2C(=O)N1Cc1nc2ccccc2s1. The highest BCUT2D eigenvalue weighted by molar-refractivity contribution is 7.18. The summed E-state index contributed by atoms with van der Waals surface area (Å²) >= 11 is 1.55. The third kappa shape index (κ3) is 3.50. The summed E-state index contributed by atoms with van der Waals surface area (Å²) in [5.41, 5.74) is 2.95. The molecule has 4 aliphatic carbocycles. The Kier molecular flexibility index (Phi) is 5.03. The summed E-state index contributed by atoms with van der Waals surface area (Å²) in [5.74, 6) is 3.42. The largest absolute Gasteiger partial charge is 0.368 e. The molecule has 9 rings (SSSR count). The maximum Gasteiger partial charge on any atom is 0.264 e. The molecule has 0 unspecified atom stereocenters. The van der Waals surface area contributed by atoms with Crippen LogP contribution in [0.25, 0.3) is 10.2 Å². The van der Waals surface area contributed by atoms with E-state index in [1.165, 1.54) is 37.0 Å². The minimum absolute atomic E-state index is 0.182. The summed E-state index contributed by atoms with van der Waals surface area (Å²) in [6, 6.07) is 14.5. The number of hydrogen-bond acceptors (Lipinski definition) is 6. The van der Waals surface area contributed by atoms with Gasteiger partial charge in [0.05, 0.1) is 33.6 Å². The summed E-state index contributed by atoms with van der Waals surface area (Å²) in [6.45, 7) is 4.16. The van der Waals surface area contributed by atoms with Crippen molar-refractivity contribution < 1.29 is 9.59 Å². The van der Waals surface area contributed by atoms with Gasteiger partial charge in [0.2, 0.25) is 0 Å². The predicted octanol–water partition coefficient (Wildman–Crippen LogP) is 5.04.